The van der Waals surface area contributed by atoms with Gasteiger partial charge in [0, 0.05) is 10.7 Å². The molecule has 1 heterocycles. The molecule has 25 heavy (non-hydrogen) atoms. The molecule has 0 spiro atoms. The van der Waals surface area contributed by atoms with Crippen LogP contribution in [0.4, 0.5) is 10.5 Å². The predicted molar refractivity (Wildman–Crippen MR) is 92.6 cm³/mol. The maximum atomic E-state index is 12.3. The number of hydrogen-bond acceptors (Lipinski definition) is 5. The van der Waals surface area contributed by atoms with Gasteiger partial charge >= 0.3 is 12.1 Å². The van der Waals surface area contributed by atoms with E-state index in [9.17, 15) is 14.4 Å². The second kappa shape index (κ2) is 7.31. The van der Waals surface area contributed by atoms with Crippen LogP contribution in [0.2, 0.25) is 5.02 Å². The summed E-state index contributed by atoms with van der Waals surface area (Å²) in [5.41, 5.74) is 0.605. The smallest absolute Gasteiger partial charge is 0.408 e. The third-order valence-electron chi connectivity index (χ3n) is 3.61. The Bertz CT molecular complexity index is 699. The third kappa shape index (κ3) is 4.85. The summed E-state index contributed by atoms with van der Waals surface area (Å²) >= 11 is 6.00. The molecule has 0 aliphatic carbocycles. The molecule has 136 valence electrons. The van der Waals surface area contributed by atoms with Crippen molar-refractivity contribution >= 4 is 35.3 Å². The number of nitrogens with one attached hydrogen (secondary N) is 2. The molecule has 2 rings (SSSR count). The SMILES string of the molecule is COC(=O)C(CC1C(=O)Nc2ccc(Cl)cc21)NC(=O)OC(C)(C)C. The normalized spacial score (nSPS) is 17.3. The molecule has 0 fully saturated rings. The van der Waals surface area contributed by atoms with E-state index in [2.05, 4.69) is 10.6 Å². The number of rotatable bonds is 4. The van der Waals surface area contributed by atoms with Crippen LogP contribution >= 0.6 is 11.6 Å². The molecule has 0 saturated heterocycles. The highest BCUT2D eigenvalue weighted by atomic mass is 35.5. The zero-order valence-corrected chi connectivity index (χ0v) is 15.3. The van der Waals surface area contributed by atoms with Gasteiger partial charge in [-0.2, -0.15) is 0 Å². The monoisotopic (exact) mass is 368 g/mol. The number of alkyl carbamates (subject to hydrolysis) is 1. The lowest BCUT2D eigenvalue weighted by atomic mass is 9.93. The van der Waals surface area contributed by atoms with Gasteiger partial charge in [0.1, 0.15) is 11.6 Å². The lowest BCUT2D eigenvalue weighted by Crippen LogP contribution is -2.45. The van der Waals surface area contributed by atoms with E-state index < -0.39 is 29.6 Å². The number of hydrogen-bond donors (Lipinski definition) is 2. The number of amides is 2. The maximum Gasteiger partial charge on any atom is 0.408 e. The van der Waals surface area contributed by atoms with E-state index in [0.717, 1.165) is 0 Å². The third-order valence-corrected chi connectivity index (χ3v) is 3.85. The van der Waals surface area contributed by atoms with Gasteiger partial charge in [-0.1, -0.05) is 11.6 Å². The quantitative estimate of drug-likeness (QED) is 0.797. The molecule has 0 radical (unpaired) electrons. The van der Waals surface area contributed by atoms with Crippen LogP contribution in [0.15, 0.2) is 18.2 Å². The first-order valence-electron chi connectivity index (χ1n) is 7.78. The standard InChI is InChI=1S/C17H21ClN2O5/c1-17(2,3)25-16(23)20-13(15(22)24-4)8-11-10-7-9(18)5-6-12(10)19-14(11)21/h5-7,11,13H,8H2,1-4H3,(H,19,21)(H,20,23). The summed E-state index contributed by atoms with van der Waals surface area (Å²) in [6, 6.07) is 4.01. The molecule has 0 bridgehead atoms. The molecular weight excluding hydrogens is 348 g/mol. The minimum absolute atomic E-state index is 0.0328. The average Bonchev–Trinajstić information content (AvgIpc) is 2.79. The molecule has 1 aliphatic heterocycles. The molecule has 1 aromatic rings. The van der Waals surface area contributed by atoms with Gasteiger partial charge in [-0.15, -0.1) is 0 Å². The highest BCUT2D eigenvalue weighted by Gasteiger charge is 2.36. The van der Waals surface area contributed by atoms with E-state index in [1.807, 2.05) is 0 Å². The Hall–Kier alpha value is -2.28. The van der Waals surface area contributed by atoms with E-state index in [-0.39, 0.29) is 12.3 Å². The summed E-state index contributed by atoms with van der Waals surface area (Å²) in [6.07, 6.45) is -0.724. The van der Waals surface area contributed by atoms with Crippen molar-refractivity contribution < 1.29 is 23.9 Å². The minimum atomic E-state index is -1.03. The molecular formula is C17H21ClN2O5. The highest BCUT2D eigenvalue weighted by molar-refractivity contribution is 6.31. The molecule has 2 unspecified atom stereocenters. The molecule has 0 saturated carbocycles. The van der Waals surface area contributed by atoms with Crippen LogP contribution in [-0.4, -0.2) is 36.7 Å². The van der Waals surface area contributed by atoms with Crippen molar-refractivity contribution in [1.82, 2.24) is 5.32 Å². The van der Waals surface area contributed by atoms with Crippen molar-refractivity contribution in [3.63, 3.8) is 0 Å². The summed E-state index contributed by atoms with van der Waals surface area (Å²) in [4.78, 5) is 36.3. The van der Waals surface area contributed by atoms with Crippen molar-refractivity contribution in [3.05, 3.63) is 28.8 Å². The largest absolute Gasteiger partial charge is 0.467 e. The van der Waals surface area contributed by atoms with Crippen molar-refractivity contribution in [1.29, 1.82) is 0 Å². The van der Waals surface area contributed by atoms with E-state index in [0.29, 0.717) is 16.3 Å². The Balaban J connectivity index is 2.18. The lowest BCUT2D eigenvalue weighted by molar-refractivity contribution is -0.143. The first kappa shape index (κ1) is 19.1. The van der Waals surface area contributed by atoms with Crippen LogP contribution in [0.3, 0.4) is 0 Å². The van der Waals surface area contributed by atoms with Gasteiger partial charge in [0.25, 0.3) is 0 Å². The van der Waals surface area contributed by atoms with Crippen LogP contribution in [0.25, 0.3) is 0 Å². The lowest BCUT2D eigenvalue weighted by Gasteiger charge is -2.23. The molecule has 0 aromatic heterocycles. The van der Waals surface area contributed by atoms with Gasteiger partial charge < -0.3 is 20.1 Å². The van der Waals surface area contributed by atoms with E-state index >= 15 is 0 Å². The summed E-state index contributed by atoms with van der Waals surface area (Å²) in [5, 5.41) is 5.68. The highest BCUT2D eigenvalue weighted by Crippen LogP contribution is 2.37. The number of esters is 1. The number of carbonyl (C=O) groups excluding carboxylic acids is 3. The van der Waals surface area contributed by atoms with Crippen LogP contribution in [0.1, 0.15) is 38.7 Å². The number of ether oxygens (including phenoxy) is 2. The topological polar surface area (TPSA) is 93.7 Å². The Kier molecular flexibility index (Phi) is 5.57. The maximum absolute atomic E-state index is 12.3. The second-order valence-electron chi connectivity index (χ2n) is 6.73. The Morgan fingerprint density at radius 2 is 2.04 bits per heavy atom. The summed E-state index contributed by atoms with van der Waals surface area (Å²) in [5.74, 6) is -1.56. The Morgan fingerprint density at radius 3 is 2.64 bits per heavy atom. The van der Waals surface area contributed by atoms with Crippen LogP contribution in [0.5, 0.6) is 0 Å². The number of carbonyl (C=O) groups is 3. The zero-order valence-electron chi connectivity index (χ0n) is 14.5. The first-order valence-corrected chi connectivity index (χ1v) is 8.16. The fraction of sp³-hybridized carbons (Fsp3) is 0.471. The van der Waals surface area contributed by atoms with Gasteiger partial charge in [0.05, 0.1) is 13.0 Å². The van der Waals surface area contributed by atoms with Gasteiger partial charge in [-0.25, -0.2) is 9.59 Å². The van der Waals surface area contributed by atoms with Crippen LogP contribution < -0.4 is 10.6 Å². The Labute approximate surface area is 151 Å². The van der Waals surface area contributed by atoms with Gasteiger partial charge in [-0.05, 0) is 51.0 Å². The average molecular weight is 369 g/mol. The van der Waals surface area contributed by atoms with Crippen molar-refractivity contribution in [2.75, 3.05) is 12.4 Å². The van der Waals surface area contributed by atoms with E-state index in [1.54, 1.807) is 39.0 Å². The first-order chi connectivity index (χ1) is 11.6. The van der Waals surface area contributed by atoms with Crippen molar-refractivity contribution in [3.8, 4) is 0 Å². The van der Waals surface area contributed by atoms with Gasteiger partial charge in [0.2, 0.25) is 5.91 Å². The van der Waals surface area contributed by atoms with Gasteiger partial charge in [0.15, 0.2) is 0 Å². The number of methoxy groups -OCH3 is 1. The number of fused-ring (bicyclic) bond motifs is 1. The number of halogens is 1. The molecule has 2 amide bonds. The number of benzene rings is 1. The zero-order chi connectivity index (χ0) is 18.8. The fourth-order valence-corrected chi connectivity index (χ4v) is 2.75. The summed E-state index contributed by atoms with van der Waals surface area (Å²) in [6.45, 7) is 5.13. The van der Waals surface area contributed by atoms with E-state index in [4.69, 9.17) is 21.1 Å². The molecule has 1 aliphatic rings. The second-order valence-corrected chi connectivity index (χ2v) is 7.17. The van der Waals surface area contributed by atoms with Crippen molar-refractivity contribution in [2.24, 2.45) is 0 Å². The molecule has 1 aromatic carbocycles. The molecule has 2 N–H and O–H groups in total. The summed E-state index contributed by atoms with van der Waals surface area (Å²) in [7, 11) is 1.21. The van der Waals surface area contributed by atoms with Crippen molar-refractivity contribution in [2.45, 2.75) is 44.8 Å². The fourth-order valence-electron chi connectivity index (χ4n) is 2.57. The predicted octanol–water partition coefficient (Wildman–Crippen LogP) is 2.83. The Morgan fingerprint density at radius 1 is 1.36 bits per heavy atom. The van der Waals surface area contributed by atoms with Crippen LogP contribution in [0, 0.1) is 0 Å². The van der Waals surface area contributed by atoms with Crippen LogP contribution in [-0.2, 0) is 19.1 Å². The summed E-state index contributed by atoms with van der Waals surface area (Å²) < 4.78 is 9.90. The molecule has 7 nitrogen and oxygen atoms in total. The van der Waals surface area contributed by atoms with E-state index in [1.165, 1.54) is 7.11 Å². The molecule has 8 heteroatoms. The molecule has 2 atom stereocenters. The number of anilines is 1. The van der Waals surface area contributed by atoms with Gasteiger partial charge in [-0.3, -0.25) is 4.79 Å². The minimum Gasteiger partial charge on any atom is -0.467 e.